The van der Waals surface area contributed by atoms with Gasteiger partial charge in [0.1, 0.15) is 5.82 Å². The molecule has 1 aromatic rings. The van der Waals surface area contributed by atoms with E-state index in [9.17, 15) is 14.0 Å². The maximum Gasteiger partial charge on any atom is 0.409 e. The normalized spacial score (nSPS) is 23.5. The largest absolute Gasteiger partial charge is 0.449 e. The topological polar surface area (TPSA) is 53.1 Å². The van der Waals surface area contributed by atoms with Gasteiger partial charge in [-0.05, 0) is 62.5 Å². The lowest BCUT2D eigenvalue weighted by molar-refractivity contribution is -0.116. The molecule has 158 valence electrons. The van der Waals surface area contributed by atoms with Gasteiger partial charge >= 0.3 is 6.09 Å². The van der Waals surface area contributed by atoms with Crippen molar-refractivity contribution in [3.05, 3.63) is 29.6 Å². The van der Waals surface area contributed by atoms with Gasteiger partial charge < -0.3 is 14.5 Å². The van der Waals surface area contributed by atoms with Crippen LogP contribution in [0.1, 0.15) is 45.1 Å². The number of anilines is 1. The first-order valence-corrected chi connectivity index (χ1v) is 10.7. The van der Waals surface area contributed by atoms with Crippen LogP contribution in [0.5, 0.6) is 0 Å². The molecule has 2 amide bonds. The number of halogens is 1. The van der Waals surface area contributed by atoms with Crippen LogP contribution in [0.3, 0.4) is 0 Å². The molecule has 1 unspecified atom stereocenters. The van der Waals surface area contributed by atoms with E-state index in [0.717, 1.165) is 56.6 Å². The number of rotatable bonds is 3. The van der Waals surface area contributed by atoms with E-state index in [-0.39, 0.29) is 23.2 Å². The van der Waals surface area contributed by atoms with Crippen LogP contribution in [0.4, 0.5) is 14.9 Å². The molecule has 3 heterocycles. The molecule has 1 aromatic carbocycles. The van der Waals surface area contributed by atoms with E-state index in [0.29, 0.717) is 25.7 Å². The monoisotopic (exact) mass is 403 g/mol. The number of ether oxygens (including phenoxy) is 1. The summed E-state index contributed by atoms with van der Waals surface area (Å²) in [6.07, 6.45) is 3.36. The smallest absolute Gasteiger partial charge is 0.409 e. The molecule has 0 aromatic heterocycles. The summed E-state index contributed by atoms with van der Waals surface area (Å²) in [5.74, 6) is -0.234. The third-order valence-corrected chi connectivity index (χ3v) is 6.78. The van der Waals surface area contributed by atoms with Crippen LogP contribution in [0.2, 0.25) is 0 Å². The standard InChI is InChI=1S/C22H30FN3O3/c1-3-12-29-21(28)25-9-6-18(14-25)24-10-7-22(8-11-24)15-26(16(2)27)20-5-4-17(23)13-19(20)22/h4-5,13,18H,3,6-12,14-15H2,1-2H3. The zero-order valence-electron chi connectivity index (χ0n) is 17.3. The van der Waals surface area contributed by atoms with Crippen molar-refractivity contribution in [1.82, 2.24) is 9.80 Å². The lowest BCUT2D eigenvalue weighted by Crippen LogP contribution is -2.49. The molecular formula is C22H30FN3O3. The first-order valence-electron chi connectivity index (χ1n) is 10.7. The molecule has 0 bridgehead atoms. The molecule has 0 radical (unpaired) electrons. The molecule has 29 heavy (non-hydrogen) atoms. The van der Waals surface area contributed by atoms with Crippen molar-refractivity contribution < 1.29 is 18.7 Å². The second kappa shape index (κ2) is 7.94. The zero-order valence-corrected chi connectivity index (χ0v) is 17.3. The molecule has 2 fully saturated rings. The summed E-state index contributed by atoms with van der Waals surface area (Å²) >= 11 is 0. The lowest BCUT2D eigenvalue weighted by atomic mass is 9.74. The van der Waals surface area contributed by atoms with Crippen molar-refractivity contribution in [3.8, 4) is 0 Å². The summed E-state index contributed by atoms with van der Waals surface area (Å²) in [5, 5.41) is 0. The molecular weight excluding hydrogens is 373 g/mol. The summed E-state index contributed by atoms with van der Waals surface area (Å²) in [5.41, 5.74) is 1.67. The van der Waals surface area contributed by atoms with E-state index in [2.05, 4.69) is 4.90 Å². The van der Waals surface area contributed by atoms with Gasteiger partial charge in [-0.2, -0.15) is 0 Å². The predicted octanol–water partition coefficient (Wildman–Crippen LogP) is 3.15. The van der Waals surface area contributed by atoms with Crippen LogP contribution in [0.25, 0.3) is 0 Å². The van der Waals surface area contributed by atoms with Crippen molar-refractivity contribution in [2.75, 3.05) is 44.2 Å². The summed E-state index contributed by atoms with van der Waals surface area (Å²) in [4.78, 5) is 30.3. The number of fused-ring (bicyclic) bond motifs is 2. The van der Waals surface area contributed by atoms with Gasteiger partial charge in [-0.1, -0.05) is 6.92 Å². The number of carbonyl (C=O) groups is 2. The molecule has 1 atom stereocenters. The molecule has 6 nitrogen and oxygen atoms in total. The predicted molar refractivity (Wildman–Crippen MR) is 109 cm³/mol. The second-order valence-electron chi connectivity index (χ2n) is 8.59. The number of nitrogens with zero attached hydrogens (tertiary/aromatic N) is 3. The Morgan fingerprint density at radius 3 is 2.69 bits per heavy atom. The van der Waals surface area contributed by atoms with Crippen LogP contribution in [-0.4, -0.2) is 67.2 Å². The number of amides is 2. The Morgan fingerprint density at radius 1 is 1.24 bits per heavy atom. The van der Waals surface area contributed by atoms with Gasteiger partial charge in [-0.15, -0.1) is 0 Å². The number of piperidine rings is 1. The van der Waals surface area contributed by atoms with E-state index in [1.54, 1.807) is 24.0 Å². The first kappa shape index (κ1) is 20.1. The molecule has 0 aliphatic carbocycles. The number of hydrogen-bond acceptors (Lipinski definition) is 4. The van der Waals surface area contributed by atoms with Crippen LogP contribution in [0, 0.1) is 5.82 Å². The highest BCUT2D eigenvalue weighted by molar-refractivity contribution is 5.94. The summed E-state index contributed by atoms with van der Waals surface area (Å²) in [7, 11) is 0. The van der Waals surface area contributed by atoms with Crippen molar-refractivity contribution in [2.45, 2.75) is 51.0 Å². The summed E-state index contributed by atoms with van der Waals surface area (Å²) in [6.45, 7) is 7.90. The van der Waals surface area contributed by atoms with Crippen LogP contribution < -0.4 is 4.90 Å². The fraction of sp³-hybridized carbons (Fsp3) is 0.636. The summed E-state index contributed by atoms with van der Waals surface area (Å²) < 4.78 is 19.3. The highest BCUT2D eigenvalue weighted by atomic mass is 19.1. The Hall–Kier alpha value is -2.15. The molecule has 3 aliphatic rings. The van der Waals surface area contributed by atoms with Gasteiger partial charge in [0, 0.05) is 43.7 Å². The Labute approximate surface area is 171 Å². The Kier molecular flexibility index (Phi) is 5.51. The van der Waals surface area contributed by atoms with E-state index >= 15 is 0 Å². The molecule has 2 saturated heterocycles. The van der Waals surface area contributed by atoms with Gasteiger partial charge in [0.15, 0.2) is 0 Å². The molecule has 0 N–H and O–H groups in total. The minimum Gasteiger partial charge on any atom is -0.449 e. The molecule has 3 aliphatic heterocycles. The van der Waals surface area contributed by atoms with Crippen LogP contribution in [-0.2, 0) is 14.9 Å². The van der Waals surface area contributed by atoms with Gasteiger partial charge in [0.25, 0.3) is 0 Å². The van der Waals surface area contributed by atoms with E-state index in [1.807, 2.05) is 11.8 Å². The van der Waals surface area contributed by atoms with Gasteiger partial charge in [0.05, 0.1) is 6.61 Å². The van der Waals surface area contributed by atoms with Gasteiger partial charge in [0.2, 0.25) is 5.91 Å². The molecule has 4 rings (SSSR count). The Balaban J connectivity index is 1.42. The fourth-order valence-electron chi connectivity index (χ4n) is 5.15. The van der Waals surface area contributed by atoms with E-state index in [4.69, 9.17) is 4.74 Å². The van der Waals surface area contributed by atoms with Crippen molar-refractivity contribution in [1.29, 1.82) is 0 Å². The quantitative estimate of drug-likeness (QED) is 0.778. The average molecular weight is 403 g/mol. The minimum absolute atomic E-state index is 0.00851. The number of hydrogen-bond donors (Lipinski definition) is 0. The number of carbonyl (C=O) groups excluding carboxylic acids is 2. The van der Waals surface area contributed by atoms with Crippen LogP contribution >= 0.6 is 0 Å². The lowest BCUT2D eigenvalue weighted by Gasteiger charge is -2.42. The van der Waals surface area contributed by atoms with E-state index < -0.39 is 0 Å². The highest BCUT2D eigenvalue weighted by Gasteiger charge is 2.47. The Morgan fingerprint density at radius 2 is 2.00 bits per heavy atom. The van der Waals surface area contributed by atoms with Crippen molar-refractivity contribution >= 4 is 17.7 Å². The molecule has 0 saturated carbocycles. The molecule has 7 heteroatoms. The minimum atomic E-state index is -0.243. The number of benzene rings is 1. The van der Waals surface area contributed by atoms with Gasteiger partial charge in [-0.3, -0.25) is 9.69 Å². The first-order chi connectivity index (χ1) is 13.9. The molecule has 1 spiro atoms. The van der Waals surface area contributed by atoms with Crippen molar-refractivity contribution in [3.63, 3.8) is 0 Å². The van der Waals surface area contributed by atoms with Crippen molar-refractivity contribution in [2.24, 2.45) is 0 Å². The summed E-state index contributed by atoms with van der Waals surface area (Å²) in [6, 6.07) is 5.14. The number of likely N-dealkylation sites (tertiary alicyclic amines) is 2. The van der Waals surface area contributed by atoms with Crippen LogP contribution in [0.15, 0.2) is 18.2 Å². The average Bonchev–Trinajstić information content (AvgIpc) is 3.31. The van der Waals surface area contributed by atoms with Gasteiger partial charge in [-0.25, -0.2) is 9.18 Å². The second-order valence-corrected chi connectivity index (χ2v) is 8.59. The fourth-order valence-corrected chi connectivity index (χ4v) is 5.15. The van der Waals surface area contributed by atoms with E-state index in [1.165, 1.54) is 6.07 Å². The SMILES string of the molecule is CCCOC(=O)N1CCC(N2CCC3(CC2)CN(C(C)=O)c2ccc(F)cc23)C1. The Bertz CT molecular complexity index is 792. The zero-order chi connectivity index (χ0) is 20.6. The third-order valence-electron chi connectivity index (χ3n) is 6.78. The third kappa shape index (κ3) is 3.72. The highest BCUT2D eigenvalue weighted by Crippen LogP contribution is 2.47. The maximum atomic E-state index is 14.0. The maximum absolute atomic E-state index is 14.0.